The molecule has 1 N–H and O–H groups in total. The quantitative estimate of drug-likeness (QED) is 0.652. The van der Waals surface area contributed by atoms with Crippen molar-refractivity contribution >= 4 is 5.97 Å². The number of ether oxygens (including phenoxy) is 6. The third kappa shape index (κ3) is 5.11. The number of rotatable bonds is 7. The Kier molecular flexibility index (Phi) is 6.78. The van der Waals surface area contributed by atoms with Crippen molar-refractivity contribution in [2.24, 2.45) is 0 Å². The van der Waals surface area contributed by atoms with Gasteiger partial charge < -0.3 is 33.5 Å². The summed E-state index contributed by atoms with van der Waals surface area (Å²) in [5.74, 6) is -0.738. The van der Waals surface area contributed by atoms with Crippen molar-refractivity contribution in [2.45, 2.75) is 56.9 Å². The molecular formula is C24H28O8. The predicted octanol–water partition coefficient (Wildman–Crippen LogP) is 2.67. The number of aliphatic hydroxyl groups excluding tert-OH is 1. The van der Waals surface area contributed by atoms with E-state index in [1.807, 2.05) is 30.3 Å². The molecule has 0 saturated carbocycles. The zero-order chi connectivity index (χ0) is 22.7. The Morgan fingerprint density at radius 3 is 2.41 bits per heavy atom. The number of carbonyl (C=O) groups is 1. The minimum absolute atomic E-state index is 0.0712. The molecule has 0 amide bonds. The van der Waals surface area contributed by atoms with Gasteiger partial charge in [0.15, 0.2) is 12.1 Å². The maximum Gasteiger partial charge on any atom is 0.338 e. The van der Waals surface area contributed by atoms with Crippen molar-refractivity contribution in [3.63, 3.8) is 0 Å². The Bertz CT molecular complexity index is 898. The van der Waals surface area contributed by atoms with Gasteiger partial charge in [-0.3, -0.25) is 0 Å². The zero-order valence-corrected chi connectivity index (χ0v) is 18.3. The monoisotopic (exact) mass is 444 g/mol. The molecule has 4 rings (SSSR count). The molecule has 172 valence electrons. The lowest BCUT2D eigenvalue weighted by Crippen LogP contribution is -2.58. The Labute approximate surface area is 186 Å². The van der Waals surface area contributed by atoms with E-state index in [1.54, 1.807) is 38.1 Å². The van der Waals surface area contributed by atoms with Crippen LogP contribution in [0.4, 0.5) is 0 Å². The number of benzene rings is 2. The summed E-state index contributed by atoms with van der Waals surface area (Å²) in [6.45, 7) is 3.88. The number of methoxy groups -OCH3 is 1. The molecule has 8 nitrogen and oxygen atoms in total. The normalized spacial score (nSPS) is 28.7. The molecule has 0 aromatic heterocycles. The van der Waals surface area contributed by atoms with Crippen LogP contribution in [0.25, 0.3) is 0 Å². The van der Waals surface area contributed by atoms with E-state index in [1.165, 1.54) is 7.11 Å². The zero-order valence-electron chi connectivity index (χ0n) is 18.3. The van der Waals surface area contributed by atoms with E-state index in [0.29, 0.717) is 17.9 Å². The summed E-state index contributed by atoms with van der Waals surface area (Å²) < 4.78 is 33.8. The fourth-order valence-electron chi connectivity index (χ4n) is 3.85. The van der Waals surface area contributed by atoms with Gasteiger partial charge in [-0.15, -0.1) is 0 Å². The maximum atomic E-state index is 12.5. The van der Waals surface area contributed by atoms with Crippen LogP contribution in [0.5, 0.6) is 5.75 Å². The minimum Gasteiger partial charge on any atom is -0.489 e. The number of carbonyl (C=O) groups excluding carboxylic acids is 1. The van der Waals surface area contributed by atoms with Crippen LogP contribution in [0.15, 0.2) is 54.6 Å². The molecule has 0 spiro atoms. The molecule has 2 aliphatic rings. The lowest BCUT2D eigenvalue weighted by atomic mass is 9.99. The van der Waals surface area contributed by atoms with Crippen molar-refractivity contribution < 1.29 is 38.3 Å². The lowest BCUT2D eigenvalue weighted by molar-refractivity contribution is -0.274. The Morgan fingerprint density at radius 1 is 1.03 bits per heavy atom. The molecule has 0 unspecified atom stereocenters. The molecule has 32 heavy (non-hydrogen) atoms. The van der Waals surface area contributed by atoms with E-state index < -0.39 is 42.5 Å². The summed E-state index contributed by atoms with van der Waals surface area (Å²) in [6, 6.07) is 16.6. The third-order valence-corrected chi connectivity index (χ3v) is 5.40. The van der Waals surface area contributed by atoms with Crippen molar-refractivity contribution in [1.29, 1.82) is 0 Å². The van der Waals surface area contributed by atoms with Gasteiger partial charge in [0, 0.05) is 7.11 Å². The molecule has 2 saturated heterocycles. The van der Waals surface area contributed by atoms with Gasteiger partial charge in [-0.2, -0.15) is 0 Å². The fourth-order valence-corrected chi connectivity index (χ4v) is 3.85. The van der Waals surface area contributed by atoms with E-state index in [-0.39, 0.29) is 6.61 Å². The first-order chi connectivity index (χ1) is 15.4. The summed E-state index contributed by atoms with van der Waals surface area (Å²) in [6.07, 6.45) is -3.80. The number of hydrogen-bond donors (Lipinski definition) is 1. The molecule has 2 aromatic carbocycles. The second-order valence-electron chi connectivity index (χ2n) is 8.23. The van der Waals surface area contributed by atoms with Crippen molar-refractivity contribution in [3.8, 4) is 5.75 Å². The summed E-state index contributed by atoms with van der Waals surface area (Å²) in [5, 5.41) is 10.4. The topological polar surface area (TPSA) is 92.7 Å². The van der Waals surface area contributed by atoms with E-state index in [2.05, 4.69) is 0 Å². The maximum absolute atomic E-state index is 12.5. The van der Waals surface area contributed by atoms with Crippen LogP contribution in [0.1, 0.15) is 29.8 Å². The van der Waals surface area contributed by atoms with Gasteiger partial charge in [-0.25, -0.2) is 4.79 Å². The molecule has 2 aliphatic heterocycles. The van der Waals surface area contributed by atoms with Gasteiger partial charge >= 0.3 is 5.97 Å². The van der Waals surface area contributed by atoms with Crippen LogP contribution in [-0.2, 0) is 30.3 Å². The molecule has 2 heterocycles. The van der Waals surface area contributed by atoms with Gasteiger partial charge in [0.05, 0.1) is 5.56 Å². The molecule has 0 radical (unpaired) electrons. The van der Waals surface area contributed by atoms with E-state index in [0.717, 1.165) is 5.56 Å². The highest BCUT2D eigenvalue weighted by Gasteiger charge is 2.55. The number of fused-ring (bicyclic) bond motifs is 1. The second-order valence-corrected chi connectivity index (χ2v) is 8.23. The van der Waals surface area contributed by atoms with Crippen LogP contribution in [0.2, 0.25) is 0 Å². The van der Waals surface area contributed by atoms with Crippen LogP contribution < -0.4 is 4.74 Å². The molecule has 5 atom stereocenters. The van der Waals surface area contributed by atoms with Crippen LogP contribution in [-0.4, -0.2) is 61.3 Å². The first-order valence-corrected chi connectivity index (χ1v) is 10.5. The summed E-state index contributed by atoms with van der Waals surface area (Å²) in [7, 11) is 1.43. The number of aliphatic hydroxyl groups is 1. The van der Waals surface area contributed by atoms with Crippen molar-refractivity contribution in [3.05, 3.63) is 65.7 Å². The highest BCUT2D eigenvalue weighted by atomic mass is 16.8. The Hall–Kier alpha value is -2.49. The average Bonchev–Trinajstić information content (AvgIpc) is 3.14. The molecular weight excluding hydrogens is 416 g/mol. The summed E-state index contributed by atoms with van der Waals surface area (Å²) in [5.41, 5.74) is 1.44. The first kappa shape index (κ1) is 22.7. The lowest BCUT2D eigenvalue weighted by Gasteiger charge is -2.38. The number of hydrogen-bond acceptors (Lipinski definition) is 8. The van der Waals surface area contributed by atoms with E-state index in [4.69, 9.17) is 28.4 Å². The van der Waals surface area contributed by atoms with E-state index in [9.17, 15) is 9.90 Å². The third-order valence-electron chi connectivity index (χ3n) is 5.40. The standard InChI is InChI=1S/C24H28O8/c1-24(2)31-20-18(30-23(27-3)19(25)21(20)32-24)14-29-22(26)16-9-11-17(12-10-16)28-13-15-7-5-4-6-8-15/h4-12,18-21,23,25H,13-14H2,1-3H3/t18-,19-,20+,21-,23-/m1/s1. The van der Waals surface area contributed by atoms with Gasteiger partial charge in [0.25, 0.3) is 0 Å². The molecule has 2 aromatic rings. The second kappa shape index (κ2) is 9.56. The molecule has 0 aliphatic carbocycles. The molecule has 0 bridgehead atoms. The van der Waals surface area contributed by atoms with Gasteiger partial charge in [-0.05, 0) is 43.7 Å². The number of esters is 1. The predicted molar refractivity (Wildman–Crippen MR) is 113 cm³/mol. The summed E-state index contributed by atoms with van der Waals surface area (Å²) in [4.78, 5) is 12.5. The smallest absolute Gasteiger partial charge is 0.338 e. The highest BCUT2D eigenvalue weighted by Crippen LogP contribution is 2.37. The Balaban J connectivity index is 1.33. The first-order valence-electron chi connectivity index (χ1n) is 10.5. The minimum atomic E-state index is -1.01. The van der Waals surface area contributed by atoms with E-state index >= 15 is 0 Å². The van der Waals surface area contributed by atoms with Crippen LogP contribution >= 0.6 is 0 Å². The van der Waals surface area contributed by atoms with Crippen molar-refractivity contribution in [2.75, 3.05) is 13.7 Å². The van der Waals surface area contributed by atoms with Crippen molar-refractivity contribution in [1.82, 2.24) is 0 Å². The molecule has 8 heteroatoms. The largest absolute Gasteiger partial charge is 0.489 e. The highest BCUT2D eigenvalue weighted by molar-refractivity contribution is 5.89. The van der Waals surface area contributed by atoms with Gasteiger partial charge in [0.1, 0.15) is 43.4 Å². The Morgan fingerprint density at radius 2 is 1.72 bits per heavy atom. The summed E-state index contributed by atoms with van der Waals surface area (Å²) >= 11 is 0. The molecule has 2 fully saturated rings. The van der Waals surface area contributed by atoms with Crippen LogP contribution in [0, 0.1) is 0 Å². The van der Waals surface area contributed by atoms with Crippen LogP contribution in [0.3, 0.4) is 0 Å². The van der Waals surface area contributed by atoms with Gasteiger partial charge in [-0.1, -0.05) is 30.3 Å². The average molecular weight is 444 g/mol. The SMILES string of the molecule is CO[C@@H]1O[C@H](COC(=O)c2ccc(OCc3ccccc3)cc2)[C@@H]2OC(C)(C)O[C@@H]2[C@H]1O. The van der Waals surface area contributed by atoms with Gasteiger partial charge in [0.2, 0.25) is 0 Å². The fraction of sp³-hybridized carbons (Fsp3) is 0.458.